The molecule has 0 spiro atoms. The van der Waals surface area contributed by atoms with Gasteiger partial charge in [0, 0.05) is 25.2 Å². The number of rotatable bonds is 13. The zero-order chi connectivity index (χ0) is 24.7. The Hall–Kier alpha value is -1.60. The van der Waals surface area contributed by atoms with Gasteiger partial charge in [0.2, 0.25) is 0 Å². The van der Waals surface area contributed by atoms with Gasteiger partial charge < -0.3 is 25.0 Å². The molecule has 0 aliphatic heterocycles. The minimum Gasteiger partial charge on any atom is -0.493 e. The molecule has 186 valence electrons. The van der Waals surface area contributed by atoms with E-state index in [1.807, 2.05) is 6.92 Å². The summed E-state index contributed by atoms with van der Waals surface area (Å²) in [5.41, 5.74) is 3.78. The van der Waals surface area contributed by atoms with Crippen molar-refractivity contribution in [1.82, 2.24) is 10.2 Å². The molecule has 0 saturated heterocycles. The van der Waals surface area contributed by atoms with Gasteiger partial charge in [0.25, 0.3) is 0 Å². The molecule has 33 heavy (non-hydrogen) atoms. The molecule has 4 N–H and O–H groups in total. The number of aromatic nitrogens is 2. The van der Waals surface area contributed by atoms with Crippen molar-refractivity contribution in [3.63, 3.8) is 0 Å². The fraction of sp³-hybridized carbons (Fsp3) is 0.579. The van der Waals surface area contributed by atoms with E-state index in [2.05, 4.69) is 14.7 Å². The number of phosphoric acid groups is 1. The number of hydrogen-bond acceptors (Lipinski definition) is 8. The number of ether oxygens (including phenoxy) is 2. The summed E-state index contributed by atoms with van der Waals surface area (Å²) in [6, 6.07) is 3.56. The monoisotopic (exact) mass is 513 g/mol. The lowest BCUT2D eigenvalue weighted by Gasteiger charge is -2.21. The Balaban J connectivity index is 2.13. The summed E-state index contributed by atoms with van der Waals surface area (Å²) < 4.78 is 66.9. The number of phosphoric ester groups is 1. The molecular formula is C19H27F3N3O6PS. The van der Waals surface area contributed by atoms with Gasteiger partial charge in [-0.3, -0.25) is 4.52 Å². The lowest BCUT2D eigenvalue weighted by Crippen LogP contribution is -2.37. The maximum atomic E-state index is 13.6. The molecule has 9 nitrogen and oxygen atoms in total. The summed E-state index contributed by atoms with van der Waals surface area (Å²) in [6.45, 7) is 3.97. The van der Waals surface area contributed by atoms with Crippen LogP contribution in [0, 0.1) is 0 Å². The average molecular weight is 513 g/mol. The number of hydrogen-bond donors (Lipinski definition) is 3. The van der Waals surface area contributed by atoms with Gasteiger partial charge in [0.1, 0.15) is 15.8 Å². The number of unbranched alkanes of at least 4 members (excludes halogenated alkanes) is 1. The van der Waals surface area contributed by atoms with Crippen LogP contribution in [0.1, 0.15) is 43.7 Å². The molecule has 14 heteroatoms. The van der Waals surface area contributed by atoms with Gasteiger partial charge in [-0.25, -0.2) is 4.57 Å². The van der Waals surface area contributed by atoms with Crippen LogP contribution in [-0.4, -0.2) is 46.4 Å². The van der Waals surface area contributed by atoms with Crippen LogP contribution < -0.4 is 10.5 Å². The zero-order valence-corrected chi connectivity index (χ0v) is 19.9. The second kappa shape index (κ2) is 11.7. The molecule has 0 fully saturated rings. The number of nitrogens with two attached hydrogens (primary N) is 1. The van der Waals surface area contributed by atoms with Crippen LogP contribution >= 0.6 is 19.2 Å². The molecule has 1 heterocycles. The van der Waals surface area contributed by atoms with Crippen LogP contribution in [0.3, 0.4) is 0 Å². The van der Waals surface area contributed by atoms with Crippen LogP contribution in [0.15, 0.2) is 18.2 Å². The molecule has 0 bridgehead atoms. The summed E-state index contributed by atoms with van der Waals surface area (Å²) in [5, 5.41) is 8.02. The van der Waals surface area contributed by atoms with Crippen LogP contribution in [0.4, 0.5) is 13.2 Å². The molecule has 2 aromatic rings. The highest BCUT2D eigenvalue weighted by Crippen LogP contribution is 2.41. The first-order chi connectivity index (χ1) is 15.3. The van der Waals surface area contributed by atoms with E-state index in [4.69, 9.17) is 25.0 Å². The van der Waals surface area contributed by atoms with Crippen LogP contribution in [0.25, 0.3) is 10.6 Å². The van der Waals surface area contributed by atoms with E-state index in [1.54, 1.807) is 0 Å². The molecule has 1 aromatic carbocycles. The second-order valence-electron chi connectivity index (χ2n) is 7.47. The Bertz CT molecular complexity index is 951. The molecule has 1 aromatic heterocycles. The standard InChI is InChI=1S/C19H27F3N3O6PS/c1-3-4-8-29-9-5-10-30-15-7-6-13(11-14(15)19(20,21)22)16-24-25-17(33-16)18(2,23)12-31-32(26,27)28/h6-7,11H,3-5,8-10,12,23H2,1-2H3,(H2,26,27,28)/t18-/m0/s1. The Morgan fingerprint density at radius 2 is 1.85 bits per heavy atom. The predicted octanol–water partition coefficient (Wildman–Crippen LogP) is 4.09. The highest BCUT2D eigenvalue weighted by molar-refractivity contribution is 7.46. The van der Waals surface area contributed by atoms with Crippen LogP contribution in [0.2, 0.25) is 0 Å². The van der Waals surface area contributed by atoms with Crippen molar-refractivity contribution in [3.05, 3.63) is 28.8 Å². The maximum Gasteiger partial charge on any atom is 0.469 e. The molecule has 0 amide bonds. The number of halogens is 3. The van der Waals surface area contributed by atoms with Crippen molar-refractivity contribution < 1.29 is 41.5 Å². The topological polar surface area (TPSA) is 137 Å². The number of benzene rings is 1. The van der Waals surface area contributed by atoms with Gasteiger partial charge in [-0.15, -0.1) is 10.2 Å². The molecular weight excluding hydrogens is 486 g/mol. The number of alkyl halides is 3. The lowest BCUT2D eigenvalue weighted by atomic mass is 10.1. The molecule has 0 unspecified atom stereocenters. The summed E-state index contributed by atoms with van der Waals surface area (Å²) in [6.07, 6.45) is -2.28. The third-order valence-electron chi connectivity index (χ3n) is 4.31. The third kappa shape index (κ3) is 8.93. The van der Waals surface area contributed by atoms with Crippen molar-refractivity contribution in [3.8, 4) is 16.3 Å². The Kier molecular flexibility index (Phi) is 9.80. The summed E-state index contributed by atoms with van der Waals surface area (Å²) >= 11 is 0.895. The first kappa shape index (κ1) is 27.6. The van der Waals surface area contributed by atoms with E-state index in [9.17, 15) is 17.7 Å². The SMILES string of the molecule is CCCCOCCCOc1ccc(-c2nnc([C@@](C)(N)COP(=O)(O)O)s2)cc1C(F)(F)F. The first-order valence-electron chi connectivity index (χ1n) is 10.1. The highest BCUT2D eigenvalue weighted by atomic mass is 32.1. The van der Waals surface area contributed by atoms with E-state index in [1.165, 1.54) is 19.1 Å². The fourth-order valence-electron chi connectivity index (χ4n) is 2.55. The van der Waals surface area contributed by atoms with Crippen molar-refractivity contribution in [2.24, 2.45) is 5.73 Å². The van der Waals surface area contributed by atoms with Crippen LogP contribution in [0.5, 0.6) is 5.75 Å². The summed E-state index contributed by atoms with van der Waals surface area (Å²) in [5.74, 6) is -0.303. The number of nitrogens with zero attached hydrogens (tertiary/aromatic N) is 2. The Morgan fingerprint density at radius 1 is 1.15 bits per heavy atom. The van der Waals surface area contributed by atoms with Gasteiger partial charge in [0.15, 0.2) is 0 Å². The molecule has 0 saturated carbocycles. The van der Waals surface area contributed by atoms with Gasteiger partial charge in [-0.05, 0) is 31.5 Å². The molecule has 0 aliphatic rings. The Labute approximate surface area is 193 Å². The van der Waals surface area contributed by atoms with Crippen molar-refractivity contribution in [2.45, 2.75) is 44.8 Å². The molecule has 0 aliphatic carbocycles. The molecule has 0 radical (unpaired) electrons. The minimum atomic E-state index is -4.75. The van der Waals surface area contributed by atoms with E-state index < -0.39 is 31.7 Å². The molecule has 2 rings (SSSR count). The van der Waals surface area contributed by atoms with Crippen molar-refractivity contribution in [2.75, 3.05) is 26.4 Å². The Morgan fingerprint density at radius 3 is 2.48 bits per heavy atom. The normalized spacial score (nSPS) is 14.3. The average Bonchev–Trinajstić information content (AvgIpc) is 3.22. The minimum absolute atomic E-state index is 0.0720. The largest absolute Gasteiger partial charge is 0.493 e. The van der Waals surface area contributed by atoms with Gasteiger partial charge in [-0.2, -0.15) is 13.2 Å². The maximum absolute atomic E-state index is 13.6. The van der Waals surface area contributed by atoms with Gasteiger partial charge >= 0.3 is 14.0 Å². The summed E-state index contributed by atoms with van der Waals surface area (Å²) in [4.78, 5) is 17.7. The van der Waals surface area contributed by atoms with E-state index in [0.717, 1.165) is 30.2 Å². The van der Waals surface area contributed by atoms with E-state index in [-0.39, 0.29) is 27.9 Å². The fourth-order valence-corrected chi connectivity index (χ4v) is 3.87. The third-order valence-corrected chi connectivity index (χ3v) is 6.03. The van der Waals surface area contributed by atoms with Crippen LogP contribution in [-0.2, 0) is 25.5 Å². The van der Waals surface area contributed by atoms with E-state index >= 15 is 0 Å². The predicted molar refractivity (Wildman–Crippen MR) is 116 cm³/mol. The van der Waals surface area contributed by atoms with Crippen molar-refractivity contribution >= 4 is 19.2 Å². The highest BCUT2D eigenvalue weighted by Gasteiger charge is 2.35. The smallest absolute Gasteiger partial charge is 0.469 e. The van der Waals surface area contributed by atoms with Gasteiger partial charge in [0.05, 0.1) is 24.3 Å². The lowest BCUT2D eigenvalue weighted by molar-refractivity contribution is -0.138. The van der Waals surface area contributed by atoms with Gasteiger partial charge in [-0.1, -0.05) is 24.7 Å². The van der Waals surface area contributed by atoms with E-state index in [0.29, 0.717) is 19.6 Å². The molecule has 1 atom stereocenters. The first-order valence-corrected chi connectivity index (χ1v) is 12.4. The summed E-state index contributed by atoms with van der Waals surface area (Å²) in [7, 11) is -4.75. The van der Waals surface area contributed by atoms with Crippen molar-refractivity contribution in [1.29, 1.82) is 0 Å². The second-order valence-corrected chi connectivity index (χ2v) is 9.69. The zero-order valence-electron chi connectivity index (χ0n) is 18.2. The quantitative estimate of drug-likeness (QED) is 0.267.